The van der Waals surface area contributed by atoms with Crippen molar-refractivity contribution in [2.75, 3.05) is 0 Å². The molecule has 0 aliphatic rings. The second-order valence-electron chi connectivity index (χ2n) is 5.18. The molecule has 3 rings (SSSR count). The third-order valence-electron chi connectivity index (χ3n) is 3.49. The number of aromatic nitrogens is 2. The van der Waals surface area contributed by atoms with Gasteiger partial charge in [-0.2, -0.15) is 0 Å². The zero-order chi connectivity index (χ0) is 17.1. The highest BCUT2D eigenvalue weighted by Gasteiger charge is 2.20. The van der Waals surface area contributed by atoms with Crippen LogP contribution in [0.5, 0.6) is 0 Å². The van der Waals surface area contributed by atoms with E-state index in [-0.39, 0.29) is 11.1 Å². The molecule has 0 spiro atoms. The topological polar surface area (TPSA) is 69.2 Å². The number of carbonyl (C=O) groups is 2. The molecule has 0 radical (unpaired) electrons. The first kappa shape index (κ1) is 15.7. The molecule has 6 heteroatoms. The minimum absolute atomic E-state index is 0.279. The van der Waals surface area contributed by atoms with Gasteiger partial charge < -0.3 is 4.74 Å². The van der Waals surface area contributed by atoms with Gasteiger partial charge in [-0.15, -0.1) is 0 Å². The summed E-state index contributed by atoms with van der Waals surface area (Å²) in [7, 11) is 0. The molecule has 0 saturated heterocycles. The lowest BCUT2D eigenvalue weighted by atomic mass is 10.1. The van der Waals surface area contributed by atoms with Gasteiger partial charge in [0.2, 0.25) is 5.78 Å². The van der Waals surface area contributed by atoms with Crippen LogP contribution in [0.15, 0.2) is 54.9 Å². The van der Waals surface area contributed by atoms with E-state index in [2.05, 4.69) is 9.97 Å². The van der Waals surface area contributed by atoms with Gasteiger partial charge in [0, 0.05) is 18.0 Å². The molecule has 1 atom stereocenters. The maximum Gasteiger partial charge on any atom is 0.338 e. The van der Waals surface area contributed by atoms with Crippen LogP contribution in [0.25, 0.3) is 11.0 Å². The third kappa shape index (κ3) is 3.27. The highest BCUT2D eigenvalue weighted by Crippen LogP contribution is 2.14. The summed E-state index contributed by atoms with van der Waals surface area (Å²) in [6, 6.07) is 9.86. The fraction of sp³-hybridized carbons (Fsp3) is 0.111. The van der Waals surface area contributed by atoms with Crippen molar-refractivity contribution in [1.82, 2.24) is 9.97 Å². The number of ketones is 1. The van der Waals surface area contributed by atoms with Crippen LogP contribution in [0, 0.1) is 5.82 Å². The molecule has 3 aromatic rings. The van der Waals surface area contributed by atoms with Crippen LogP contribution in [0.4, 0.5) is 4.39 Å². The molecule has 1 aromatic heterocycles. The number of esters is 1. The minimum atomic E-state index is -0.986. The molecule has 0 N–H and O–H groups in total. The number of fused-ring (bicyclic) bond motifs is 1. The van der Waals surface area contributed by atoms with Crippen LogP contribution in [0.1, 0.15) is 27.6 Å². The molecule has 5 nitrogen and oxygen atoms in total. The van der Waals surface area contributed by atoms with Gasteiger partial charge in [0.05, 0.1) is 16.6 Å². The molecule has 0 aliphatic heterocycles. The number of Topliss-reactive ketones (excluding diaryl/α,β-unsaturated/α-hetero) is 1. The zero-order valence-electron chi connectivity index (χ0n) is 12.8. The third-order valence-corrected chi connectivity index (χ3v) is 3.49. The molecular weight excluding hydrogens is 311 g/mol. The smallest absolute Gasteiger partial charge is 0.338 e. The van der Waals surface area contributed by atoms with E-state index in [4.69, 9.17) is 4.74 Å². The van der Waals surface area contributed by atoms with Crippen molar-refractivity contribution >= 4 is 22.8 Å². The van der Waals surface area contributed by atoms with Gasteiger partial charge in [0.1, 0.15) is 5.82 Å². The fourth-order valence-electron chi connectivity index (χ4n) is 2.22. The number of hydrogen-bond acceptors (Lipinski definition) is 5. The second kappa shape index (κ2) is 6.54. The summed E-state index contributed by atoms with van der Waals surface area (Å²) in [5, 5.41) is 0. The molecule has 0 amide bonds. The lowest BCUT2D eigenvalue weighted by Crippen LogP contribution is -2.24. The number of halogens is 1. The van der Waals surface area contributed by atoms with Crippen LogP contribution in [0.3, 0.4) is 0 Å². The Balaban J connectivity index is 1.75. The maximum atomic E-state index is 12.9. The van der Waals surface area contributed by atoms with Crippen molar-refractivity contribution in [3.63, 3.8) is 0 Å². The van der Waals surface area contributed by atoms with Gasteiger partial charge in [0.15, 0.2) is 6.10 Å². The van der Waals surface area contributed by atoms with E-state index in [9.17, 15) is 14.0 Å². The van der Waals surface area contributed by atoms with E-state index in [1.807, 2.05) is 0 Å². The van der Waals surface area contributed by atoms with Crippen molar-refractivity contribution in [2.45, 2.75) is 13.0 Å². The Morgan fingerprint density at radius 3 is 2.29 bits per heavy atom. The monoisotopic (exact) mass is 324 g/mol. The summed E-state index contributed by atoms with van der Waals surface area (Å²) < 4.78 is 18.1. The Labute approximate surface area is 137 Å². The normalized spacial score (nSPS) is 11.9. The van der Waals surface area contributed by atoms with Crippen LogP contribution < -0.4 is 0 Å². The largest absolute Gasteiger partial charge is 0.451 e. The summed E-state index contributed by atoms with van der Waals surface area (Å²) in [6.07, 6.45) is 2.10. The van der Waals surface area contributed by atoms with E-state index in [0.29, 0.717) is 11.0 Å². The summed E-state index contributed by atoms with van der Waals surface area (Å²) >= 11 is 0. The zero-order valence-corrected chi connectivity index (χ0v) is 12.8. The van der Waals surface area contributed by atoms with Crippen molar-refractivity contribution in [1.29, 1.82) is 0 Å². The van der Waals surface area contributed by atoms with Gasteiger partial charge in [-0.3, -0.25) is 14.8 Å². The summed E-state index contributed by atoms with van der Waals surface area (Å²) in [5.41, 5.74) is 1.77. The quantitative estimate of drug-likeness (QED) is 0.544. The number of ether oxygens (including phenoxy) is 1. The lowest BCUT2D eigenvalue weighted by molar-refractivity contribution is 0.0319. The molecule has 1 heterocycles. The standard InChI is InChI=1S/C18H13FN2O3/c1-11(17(22)12-2-5-14(19)6-3-12)24-18(23)13-4-7-15-16(10-13)21-9-8-20-15/h2-11H,1H3/t11-/m1/s1. The predicted octanol–water partition coefficient (Wildman–Crippen LogP) is 3.20. The average molecular weight is 324 g/mol. The second-order valence-corrected chi connectivity index (χ2v) is 5.18. The number of benzene rings is 2. The molecule has 2 aromatic carbocycles. The maximum absolute atomic E-state index is 12.9. The van der Waals surface area contributed by atoms with Crippen LogP contribution in [-0.4, -0.2) is 27.8 Å². The predicted molar refractivity (Wildman–Crippen MR) is 85.1 cm³/mol. The summed E-state index contributed by atoms with van der Waals surface area (Å²) in [5.74, 6) is -1.47. The van der Waals surface area contributed by atoms with Crippen molar-refractivity contribution in [3.8, 4) is 0 Å². The van der Waals surface area contributed by atoms with Crippen LogP contribution >= 0.6 is 0 Å². The first-order valence-electron chi connectivity index (χ1n) is 7.26. The Kier molecular flexibility index (Phi) is 4.29. The Hall–Kier alpha value is -3.15. The molecule has 0 bridgehead atoms. The first-order valence-corrected chi connectivity index (χ1v) is 7.26. The Morgan fingerprint density at radius 2 is 1.58 bits per heavy atom. The molecule has 0 aliphatic carbocycles. The van der Waals surface area contributed by atoms with E-state index < -0.39 is 23.7 Å². The molecule has 120 valence electrons. The Bertz CT molecular complexity index is 910. The fourth-order valence-corrected chi connectivity index (χ4v) is 2.22. The van der Waals surface area contributed by atoms with Gasteiger partial charge in [0.25, 0.3) is 0 Å². The molecule has 0 saturated carbocycles. The molecular formula is C18H13FN2O3. The highest BCUT2D eigenvalue weighted by molar-refractivity contribution is 6.01. The van der Waals surface area contributed by atoms with Gasteiger partial charge in [-0.25, -0.2) is 9.18 Å². The van der Waals surface area contributed by atoms with E-state index in [1.165, 1.54) is 37.4 Å². The van der Waals surface area contributed by atoms with E-state index >= 15 is 0 Å². The molecule has 0 unspecified atom stereocenters. The molecule has 0 fully saturated rings. The van der Waals surface area contributed by atoms with Gasteiger partial charge >= 0.3 is 5.97 Å². The van der Waals surface area contributed by atoms with Gasteiger partial charge in [-0.05, 0) is 49.4 Å². The Morgan fingerprint density at radius 1 is 0.958 bits per heavy atom. The van der Waals surface area contributed by atoms with Crippen molar-refractivity contribution in [3.05, 3.63) is 71.8 Å². The molecule has 24 heavy (non-hydrogen) atoms. The van der Waals surface area contributed by atoms with E-state index in [0.717, 1.165) is 0 Å². The number of carbonyl (C=O) groups excluding carboxylic acids is 2. The van der Waals surface area contributed by atoms with Crippen molar-refractivity contribution in [2.24, 2.45) is 0 Å². The number of hydrogen-bond donors (Lipinski definition) is 0. The SMILES string of the molecule is C[C@@H](OC(=O)c1ccc2nccnc2c1)C(=O)c1ccc(F)cc1. The number of rotatable bonds is 4. The first-order chi connectivity index (χ1) is 11.5. The van der Waals surface area contributed by atoms with Gasteiger partial charge in [-0.1, -0.05) is 0 Å². The van der Waals surface area contributed by atoms with Crippen LogP contribution in [-0.2, 0) is 4.74 Å². The summed E-state index contributed by atoms with van der Waals surface area (Å²) in [4.78, 5) is 32.7. The van der Waals surface area contributed by atoms with Crippen LogP contribution in [0.2, 0.25) is 0 Å². The minimum Gasteiger partial charge on any atom is -0.451 e. The average Bonchev–Trinajstić information content (AvgIpc) is 2.61. The number of nitrogens with zero attached hydrogens (tertiary/aromatic N) is 2. The van der Waals surface area contributed by atoms with Crippen molar-refractivity contribution < 1.29 is 18.7 Å². The van der Waals surface area contributed by atoms with E-state index in [1.54, 1.807) is 24.4 Å². The highest BCUT2D eigenvalue weighted by atomic mass is 19.1. The lowest BCUT2D eigenvalue weighted by Gasteiger charge is -2.12. The summed E-state index contributed by atoms with van der Waals surface area (Å²) in [6.45, 7) is 1.48.